The quantitative estimate of drug-likeness (QED) is 0.553. The lowest BCUT2D eigenvalue weighted by molar-refractivity contribution is -0.162. The first-order valence-electron chi connectivity index (χ1n) is 3.64. The molecule has 0 fully saturated rings. The van der Waals surface area contributed by atoms with E-state index in [9.17, 15) is 9.90 Å². The Morgan fingerprint density at radius 1 is 1.73 bits per heavy atom. The summed E-state index contributed by atoms with van der Waals surface area (Å²) in [7, 11) is 0. The zero-order valence-electron chi connectivity index (χ0n) is 6.96. The van der Waals surface area contributed by atoms with Crippen LogP contribution in [0.5, 0.6) is 0 Å². The van der Waals surface area contributed by atoms with Gasteiger partial charge in [0.1, 0.15) is 0 Å². The molecule has 4 nitrogen and oxygen atoms in total. The number of carbonyl (C=O) groups is 1. The Hall–Kier alpha value is -0.610. The fourth-order valence-corrected chi connectivity index (χ4v) is 0.434. The van der Waals surface area contributed by atoms with Crippen molar-refractivity contribution in [3.8, 4) is 0 Å². The second kappa shape index (κ2) is 4.31. The lowest BCUT2D eigenvalue weighted by Gasteiger charge is -2.18. The third-order valence-electron chi connectivity index (χ3n) is 1.27. The fraction of sp³-hybridized carbons (Fsp3) is 0.857. The van der Waals surface area contributed by atoms with Crippen molar-refractivity contribution in [2.75, 3.05) is 13.2 Å². The standard InChI is InChI=1S/C7H15NO3/c1-3-4-11-6(9)7(2,10)5-8/h10H,3-5,8H2,1-2H3. The molecule has 0 saturated carbocycles. The molecule has 66 valence electrons. The number of ether oxygens (including phenoxy) is 1. The number of hydrogen-bond acceptors (Lipinski definition) is 4. The van der Waals surface area contributed by atoms with Crippen LogP contribution >= 0.6 is 0 Å². The maximum atomic E-state index is 10.9. The topological polar surface area (TPSA) is 72.5 Å². The van der Waals surface area contributed by atoms with Gasteiger partial charge in [0, 0.05) is 6.54 Å². The molecule has 0 amide bonds. The summed E-state index contributed by atoms with van der Waals surface area (Å²) in [5.74, 6) is -0.651. The monoisotopic (exact) mass is 161 g/mol. The summed E-state index contributed by atoms with van der Waals surface area (Å²) in [5, 5.41) is 9.22. The maximum Gasteiger partial charge on any atom is 0.339 e. The lowest BCUT2D eigenvalue weighted by atomic mass is 10.1. The van der Waals surface area contributed by atoms with Crippen LogP contribution in [0.25, 0.3) is 0 Å². The van der Waals surface area contributed by atoms with E-state index in [0.717, 1.165) is 6.42 Å². The van der Waals surface area contributed by atoms with Crippen LogP contribution < -0.4 is 5.73 Å². The van der Waals surface area contributed by atoms with Crippen LogP contribution in [0.15, 0.2) is 0 Å². The van der Waals surface area contributed by atoms with Gasteiger partial charge in [-0.2, -0.15) is 0 Å². The van der Waals surface area contributed by atoms with E-state index >= 15 is 0 Å². The number of esters is 1. The van der Waals surface area contributed by atoms with Crippen molar-refractivity contribution >= 4 is 5.97 Å². The highest BCUT2D eigenvalue weighted by Crippen LogP contribution is 2.03. The molecule has 11 heavy (non-hydrogen) atoms. The Morgan fingerprint density at radius 2 is 2.27 bits per heavy atom. The van der Waals surface area contributed by atoms with Crippen LogP contribution in [-0.4, -0.2) is 29.8 Å². The van der Waals surface area contributed by atoms with E-state index in [1.807, 2.05) is 6.92 Å². The van der Waals surface area contributed by atoms with E-state index in [1.54, 1.807) is 0 Å². The third-order valence-corrected chi connectivity index (χ3v) is 1.27. The van der Waals surface area contributed by atoms with Gasteiger partial charge in [0.05, 0.1) is 6.61 Å². The molecule has 0 heterocycles. The molecule has 1 unspecified atom stereocenters. The maximum absolute atomic E-state index is 10.9. The highest BCUT2D eigenvalue weighted by molar-refractivity contribution is 5.78. The molecule has 0 aliphatic heterocycles. The van der Waals surface area contributed by atoms with E-state index in [0.29, 0.717) is 6.61 Å². The fourth-order valence-electron chi connectivity index (χ4n) is 0.434. The second-order valence-corrected chi connectivity index (χ2v) is 2.61. The number of aliphatic hydroxyl groups is 1. The van der Waals surface area contributed by atoms with Crippen LogP contribution in [0.4, 0.5) is 0 Å². The molecular weight excluding hydrogens is 146 g/mol. The Balaban J connectivity index is 3.82. The molecule has 0 spiro atoms. The number of rotatable bonds is 4. The van der Waals surface area contributed by atoms with E-state index in [4.69, 9.17) is 5.73 Å². The molecule has 1 atom stereocenters. The van der Waals surface area contributed by atoms with Gasteiger partial charge < -0.3 is 15.6 Å². The van der Waals surface area contributed by atoms with Crippen LogP contribution in [-0.2, 0) is 9.53 Å². The molecular formula is C7H15NO3. The minimum Gasteiger partial charge on any atom is -0.464 e. The first kappa shape index (κ1) is 10.4. The molecule has 0 aliphatic carbocycles. The summed E-state index contributed by atoms with van der Waals surface area (Å²) < 4.78 is 4.68. The average Bonchev–Trinajstić information content (AvgIpc) is 2.00. The second-order valence-electron chi connectivity index (χ2n) is 2.61. The lowest BCUT2D eigenvalue weighted by Crippen LogP contribution is -2.43. The largest absolute Gasteiger partial charge is 0.464 e. The average molecular weight is 161 g/mol. The van der Waals surface area contributed by atoms with Gasteiger partial charge in [0.15, 0.2) is 5.60 Å². The van der Waals surface area contributed by atoms with Gasteiger partial charge in [0.2, 0.25) is 0 Å². The van der Waals surface area contributed by atoms with Crippen LogP contribution in [0.1, 0.15) is 20.3 Å². The molecule has 0 radical (unpaired) electrons. The van der Waals surface area contributed by atoms with Crippen LogP contribution in [0.2, 0.25) is 0 Å². The number of hydrogen-bond donors (Lipinski definition) is 2. The Morgan fingerprint density at radius 3 is 2.64 bits per heavy atom. The molecule has 3 N–H and O–H groups in total. The predicted molar refractivity (Wildman–Crippen MR) is 40.9 cm³/mol. The molecule has 0 aliphatic rings. The summed E-state index contributed by atoms with van der Waals surface area (Å²) in [6.45, 7) is 3.43. The van der Waals surface area contributed by atoms with Crippen molar-refractivity contribution in [3.05, 3.63) is 0 Å². The van der Waals surface area contributed by atoms with E-state index < -0.39 is 11.6 Å². The van der Waals surface area contributed by atoms with Crippen molar-refractivity contribution < 1.29 is 14.6 Å². The Bertz CT molecular complexity index is 134. The molecule has 0 aromatic carbocycles. The van der Waals surface area contributed by atoms with Gasteiger partial charge in [-0.15, -0.1) is 0 Å². The van der Waals surface area contributed by atoms with Crippen molar-refractivity contribution in [2.45, 2.75) is 25.9 Å². The van der Waals surface area contributed by atoms with Gasteiger partial charge in [-0.25, -0.2) is 4.79 Å². The van der Waals surface area contributed by atoms with Crippen molar-refractivity contribution in [2.24, 2.45) is 5.73 Å². The summed E-state index contributed by atoms with van der Waals surface area (Å²) >= 11 is 0. The Kier molecular flexibility index (Phi) is 4.07. The number of carbonyl (C=O) groups excluding carboxylic acids is 1. The van der Waals surface area contributed by atoms with Crippen molar-refractivity contribution in [1.82, 2.24) is 0 Å². The minimum atomic E-state index is -1.53. The summed E-state index contributed by atoms with van der Waals surface area (Å²) in [6.07, 6.45) is 0.742. The molecule has 0 bridgehead atoms. The number of nitrogens with two attached hydrogens (primary N) is 1. The normalized spacial score (nSPS) is 15.6. The van der Waals surface area contributed by atoms with Crippen molar-refractivity contribution in [3.63, 3.8) is 0 Å². The third kappa shape index (κ3) is 3.34. The van der Waals surface area contributed by atoms with Crippen LogP contribution in [0.3, 0.4) is 0 Å². The van der Waals surface area contributed by atoms with Gasteiger partial charge in [-0.1, -0.05) is 6.92 Å². The first-order valence-corrected chi connectivity index (χ1v) is 3.64. The van der Waals surface area contributed by atoms with Crippen molar-refractivity contribution in [1.29, 1.82) is 0 Å². The molecule has 0 aromatic heterocycles. The summed E-state index contributed by atoms with van der Waals surface area (Å²) in [4.78, 5) is 10.9. The molecule has 4 heteroatoms. The molecule has 0 aromatic rings. The van der Waals surface area contributed by atoms with Gasteiger partial charge >= 0.3 is 5.97 Å². The van der Waals surface area contributed by atoms with Crippen LogP contribution in [0, 0.1) is 0 Å². The highest BCUT2D eigenvalue weighted by Gasteiger charge is 2.29. The Labute approximate surface area is 66.3 Å². The zero-order valence-corrected chi connectivity index (χ0v) is 6.96. The van der Waals surface area contributed by atoms with E-state index in [2.05, 4.69) is 4.74 Å². The van der Waals surface area contributed by atoms with Gasteiger partial charge in [-0.3, -0.25) is 0 Å². The molecule has 0 saturated heterocycles. The van der Waals surface area contributed by atoms with Gasteiger partial charge in [0.25, 0.3) is 0 Å². The smallest absolute Gasteiger partial charge is 0.339 e. The molecule has 0 rings (SSSR count). The minimum absolute atomic E-state index is 0.116. The first-order chi connectivity index (χ1) is 5.04. The summed E-state index contributed by atoms with van der Waals surface area (Å²) in [5.41, 5.74) is 3.60. The van der Waals surface area contributed by atoms with E-state index in [1.165, 1.54) is 6.92 Å². The van der Waals surface area contributed by atoms with Gasteiger partial charge in [-0.05, 0) is 13.3 Å². The SMILES string of the molecule is CCCOC(=O)C(C)(O)CN. The summed E-state index contributed by atoms with van der Waals surface area (Å²) in [6, 6.07) is 0. The highest BCUT2D eigenvalue weighted by atomic mass is 16.5. The zero-order chi connectivity index (χ0) is 8.91. The van der Waals surface area contributed by atoms with E-state index in [-0.39, 0.29) is 6.54 Å². The predicted octanol–water partition coefficient (Wildman–Crippen LogP) is -0.351.